The van der Waals surface area contributed by atoms with Crippen LogP contribution in [0.3, 0.4) is 0 Å². The van der Waals surface area contributed by atoms with Crippen LogP contribution in [0.4, 0.5) is 10.1 Å². The molecule has 230 valence electrons. The molecule has 42 heavy (non-hydrogen) atoms. The van der Waals surface area contributed by atoms with Crippen LogP contribution < -0.4 is 10.2 Å². The third kappa shape index (κ3) is 8.37. The van der Waals surface area contributed by atoms with Gasteiger partial charge in [0.15, 0.2) is 0 Å². The van der Waals surface area contributed by atoms with E-state index in [4.69, 9.17) is 23.2 Å². The van der Waals surface area contributed by atoms with Crippen LogP contribution in [0.5, 0.6) is 0 Å². The normalized spacial score (nSPS) is 17.5. The first kappa shape index (κ1) is 32.5. The molecule has 10 heteroatoms. The third-order valence-electron chi connectivity index (χ3n) is 8.15. The highest BCUT2D eigenvalue weighted by molar-refractivity contribution is 6.35. The van der Waals surface area contributed by atoms with Crippen LogP contribution in [0.1, 0.15) is 50.3 Å². The highest BCUT2D eigenvalue weighted by Gasteiger charge is 2.37. The van der Waals surface area contributed by atoms with Crippen LogP contribution in [-0.4, -0.2) is 92.5 Å². The lowest BCUT2D eigenvalue weighted by Gasteiger charge is -2.40. The lowest BCUT2D eigenvalue weighted by molar-refractivity contribution is -0.143. The number of hydrogen-bond donors (Lipinski definition) is 1. The van der Waals surface area contributed by atoms with Gasteiger partial charge in [0.25, 0.3) is 0 Å². The molecule has 2 saturated heterocycles. The second-order valence-electron chi connectivity index (χ2n) is 12.1. The van der Waals surface area contributed by atoms with E-state index in [9.17, 15) is 14.0 Å². The number of anilines is 1. The monoisotopic (exact) mass is 619 g/mol. The Balaban J connectivity index is 1.50. The molecule has 0 saturated carbocycles. The number of carbonyl (C=O) groups excluding carboxylic acids is 2. The number of halogens is 3. The van der Waals surface area contributed by atoms with E-state index in [2.05, 4.69) is 29.0 Å². The molecular formula is C32H44Cl2FN5O2. The summed E-state index contributed by atoms with van der Waals surface area (Å²) in [5.74, 6) is 0.140. The summed E-state index contributed by atoms with van der Waals surface area (Å²) < 4.78 is 14.6. The summed E-state index contributed by atoms with van der Waals surface area (Å²) in [6.07, 6.45) is 2.44. The molecule has 2 aliphatic heterocycles. The van der Waals surface area contributed by atoms with E-state index in [1.807, 2.05) is 31.1 Å². The number of piperazine rings is 1. The largest absolute Gasteiger partial charge is 0.368 e. The molecule has 0 aromatic heterocycles. The van der Waals surface area contributed by atoms with Gasteiger partial charge in [-0.1, -0.05) is 43.1 Å². The number of benzene rings is 2. The number of hydrogen-bond acceptors (Lipinski definition) is 5. The van der Waals surface area contributed by atoms with Gasteiger partial charge in [0.1, 0.15) is 11.9 Å². The lowest BCUT2D eigenvalue weighted by Crippen LogP contribution is -2.56. The molecule has 2 heterocycles. The molecule has 2 aromatic carbocycles. The van der Waals surface area contributed by atoms with Gasteiger partial charge in [0.2, 0.25) is 11.8 Å². The quantitative estimate of drug-likeness (QED) is 0.351. The first-order valence-corrected chi connectivity index (χ1v) is 15.7. The standard InChI is InChI=1S/C32H44Cl2FN5O2/c1-22(2)18-28(36-11-13-37(3)4)26-21-25(35)9-10-29(26)38-14-16-39(17-15-38)32(42)30(40-12-5-6-31(40)41)19-23-7-8-24(33)20-27(23)34/h7-10,20-22,28,30,36H,5-6,11-19H2,1-4H3/t28-,30+/m0/s1. The molecule has 2 aromatic rings. The van der Waals surface area contributed by atoms with Crippen LogP contribution in [0, 0.1) is 11.7 Å². The minimum Gasteiger partial charge on any atom is -0.368 e. The van der Waals surface area contributed by atoms with Crippen molar-refractivity contribution < 1.29 is 14.0 Å². The van der Waals surface area contributed by atoms with Crippen LogP contribution in [-0.2, 0) is 16.0 Å². The van der Waals surface area contributed by atoms with Gasteiger partial charge in [-0.15, -0.1) is 0 Å². The van der Waals surface area contributed by atoms with Crippen LogP contribution in [0.2, 0.25) is 10.0 Å². The number of likely N-dealkylation sites (tertiary alicyclic amines) is 1. The van der Waals surface area contributed by atoms with Gasteiger partial charge in [-0.25, -0.2) is 4.39 Å². The van der Waals surface area contributed by atoms with E-state index in [1.165, 1.54) is 6.07 Å². The van der Waals surface area contributed by atoms with Crippen molar-refractivity contribution in [3.63, 3.8) is 0 Å². The van der Waals surface area contributed by atoms with E-state index < -0.39 is 6.04 Å². The molecule has 7 nitrogen and oxygen atoms in total. The first-order valence-electron chi connectivity index (χ1n) is 15.0. The molecule has 0 spiro atoms. The fourth-order valence-corrected chi connectivity index (χ4v) is 6.44. The summed E-state index contributed by atoms with van der Waals surface area (Å²) in [5.41, 5.74) is 2.76. The number of rotatable bonds is 12. The minimum absolute atomic E-state index is 0.00554. The maximum Gasteiger partial charge on any atom is 0.245 e. The predicted octanol–water partition coefficient (Wildman–Crippen LogP) is 5.25. The maximum absolute atomic E-state index is 14.6. The zero-order valence-electron chi connectivity index (χ0n) is 25.2. The molecule has 0 radical (unpaired) electrons. The van der Waals surface area contributed by atoms with E-state index >= 15 is 0 Å². The highest BCUT2D eigenvalue weighted by Crippen LogP contribution is 2.32. The third-order valence-corrected chi connectivity index (χ3v) is 8.74. The predicted molar refractivity (Wildman–Crippen MR) is 169 cm³/mol. The molecule has 1 N–H and O–H groups in total. The fraction of sp³-hybridized carbons (Fsp3) is 0.562. The molecule has 4 rings (SSSR count). The minimum atomic E-state index is -0.608. The van der Waals surface area contributed by atoms with Crippen molar-refractivity contribution in [2.24, 2.45) is 5.92 Å². The molecule has 2 aliphatic rings. The average molecular weight is 621 g/mol. The SMILES string of the molecule is CC(C)C[C@H](NCCN(C)C)c1cc(F)ccc1N1CCN(C(=O)[C@@H](Cc2ccc(Cl)cc2Cl)N2CCCC2=O)CC1. The summed E-state index contributed by atoms with van der Waals surface area (Å²) in [5, 5.41) is 4.69. The van der Waals surface area contributed by atoms with Crippen molar-refractivity contribution in [2.45, 2.75) is 51.6 Å². The van der Waals surface area contributed by atoms with Gasteiger partial charge in [-0.3, -0.25) is 9.59 Å². The Morgan fingerprint density at radius 2 is 1.79 bits per heavy atom. The van der Waals surface area contributed by atoms with Crippen molar-refractivity contribution in [1.29, 1.82) is 0 Å². The number of amides is 2. The van der Waals surface area contributed by atoms with Gasteiger partial charge in [0, 0.05) is 80.4 Å². The molecule has 2 amide bonds. The van der Waals surface area contributed by atoms with Crippen LogP contribution in [0.25, 0.3) is 0 Å². The fourth-order valence-electron chi connectivity index (χ4n) is 5.95. The molecule has 2 fully saturated rings. The second kappa shape index (κ2) is 14.9. The van der Waals surface area contributed by atoms with Crippen molar-refractivity contribution in [1.82, 2.24) is 20.0 Å². The van der Waals surface area contributed by atoms with Gasteiger partial charge >= 0.3 is 0 Å². The second-order valence-corrected chi connectivity index (χ2v) is 12.9. The Bertz CT molecular complexity index is 1240. The Morgan fingerprint density at radius 3 is 2.40 bits per heavy atom. The van der Waals surface area contributed by atoms with Crippen LogP contribution in [0.15, 0.2) is 36.4 Å². The Labute approximate surface area is 259 Å². The zero-order valence-corrected chi connectivity index (χ0v) is 26.7. The van der Waals surface area contributed by atoms with Crippen molar-refractivity contribution in [3.05, 3.63) is 63.4 Å². The molecule has 2 atom stereocenters. The smallest absolute Gasteiger partial charge is 0.245 e. The molecule has 0 bridgehead atoms. The van der Waals surface area contributed by atoms with Crippen molar-refractivity contribution in [3.8, 4) is 0 Å². The zero-order chi connectivity index (χ0) is 30.4. The summed E-state index contributed by atoms with van der Waals surface area (Å²) in [7, 11) is 4.09. The first-order chi connectivity index (χ1) is 20.0. The van der Waals surface area contributed by atoms with E-state index in [0.717, 1.165) is 42.7 Å². The Hall–Kier alpha value is -2.39. The van der Waals surface area contributed by atoms with Gasteiger partial charge in [0.05, 0.1) is 0 Å². The Morgan fingerprint density at radius 1 is 1.05 bits per heavy atom. The van der Waals surface area contributed by atoms with Crippen molar-refractivity contribution in [2.75, 3.05) is 64.8 Å². The Kier molecular flexibility index (Phi) is 11.5. The summed E-state index contributed by atoms with van der Waals surface area (Å²) in [4.78, 5) is 34.7. The molecule has 0 unspecified atom stereocenters. The van der Waals surface area contributed by atoms with E-state index in [1.54, 1.807) is 23.1 Å². The average Bonchev–Trinajstić information content (AvgIpc) is 3.37. The lowest BCUT2D eigenvalue weighted by atomic mass is 9.94. The van der Waals surface area contributed by atoms with E-state index in [-0.39, 0.29) is 23.7 Å². The van der Waals surface area contributed by atoms with Gasteiger partial charge in [-0.2, -0.15) is 0 Å². The maximum atomic E-state index is 14.6. The van der Waals surface area contributed by atoms with Crippen LogP contribution >= 0.6 is 23.2 Å². The van der Waals surface area contributed by atoms with Gasteiger partial charge < -0.3 is 24.9 Å². The number of nitrogens with one attached hydrogen (secondary N) is 1. The molecule has 0 aliphatic carbocycles. The highest BCUT2D eigenvalue weighted by atomic mass is 35.5. The number of likely N-dealkylation sites (N-methyl/N-ethyl adjacent to an activating group) is 1. The summed E-state index contributed by atoms with van der Waals surface area (Å²) in [6, 6.07) is 9.73. The summed E-state index contributed by atoms with van der Waals surface area (Å²) in [6.45, 7) is 8.91. The van der Waals surface area contributed by atoms with E-state index in [0.29, 0.717) is 61.5 Å². The number of nitrogens with zero attached hydrogens (tertiary/aromatic N) is 4. The van der Waals surface area contributed by atoms with Crippen molar-refractivity contribution >= 4 is 40.7 Å². The molecular weight excluding hydrogens is 576 g/mol. The number of carbonyl (C=O) groups is 2. The topological polar surface area (TPSA) is 59.1 Å². The van der Waals surface area contributed by atoms with Gasteiger partial charge in [-0.05, 0) is 74.3 Å². The summed E-state index contributed by atoms with van der Waals surface area (Å²) >= 11 is 12.6.